The number of methoxy groups -OCH3 is 1. The number of carbonyl (C=O) groups is 2. The quantitative estimate of drug-likeness (QED) is 0.741. The van der Waals surface area contributed by atoms with Crippen molar-refractivity contribution in [3.05, 3.63) is 24.3 Å². The van der Waals surface area contributed by atoms with E-state index in [1.165, 1.54) is 0 Å². The lowest BCUT2D eigenvalue weighted by Gasteiger charge is -2.35. The highest BCUT2D eigenvalue weighted by molar-refractivity contribution is 5.88. The summed E-state index contributed by atoms with van der Waals surface area (Å²) in [7, 11) is 3.60. The van der Waals surface area contributed by atoms with Crippen LogP contribution in [-0.4, -0.2) is 74.6 Å². The lowest BCUT2D eigenvalue weighted by Crippen LogP contribution is -2.55. The van der Waals surface area contributed by atoms with Crippen LogP contribution in [0.4, 0.5) is 0 Å². The van der Waals surface area contributed by atoms with E-state index in [1.807, 2.05) is 37.9 Å². The fraction of sp³-hybridized carbons (Fsp3) is 0.600. The van der Waals surface area contributed by atoms with Gasteiger partial charge in [-0.05, 0) is 31.5 Å². The predicted octanol–water partition coefficient (Wildman–Crippen LogP) is 1.38. The lowest BCUT2D eigenvalue weighted by atomic mass is 10.0. The van der Waals surface area contributed by atoms with Crippen molar-refractivity contribution in [3.8, 4) is 11.5 Å². The average molecular weight is 377 g/mol. The summed E-state index contributed by atoms with van der Waals surface area (Å²) in [6, 6.07) is 6.63. The first kappa shape index (κ1) is 21.0. The fourth-order valence-corrected chi connectivity index (χ4v) is 3.06. The third-order valence-corrected chi connectivity index (χ3v) is 4.58. The van der Waals surface area contributed by atoms with E-state index >= 15 is 0 Å². The largest absolute Gasteiger partial charge is 0.493 e. The Labute approximate surface area is 161 Å². The van der Waals surface area contributed by atoms with Gasteiger partial charge in [0, 0.05) is 26.2 Å². The standard InChI is InChI=1S/C20H31N3O4/c1-15(2)13-16(20(25)23-11-9-22(3)10-12-23)21-19(24)14-27-18-8-6-5-7-17(18)26-4/h5-8,15-16H,9-14H2,1-4H3,(H,21,24)/t16-/m0/s1. The molecule has 1 N–H and O–H groups in total. The van der Waals surface area contributed by atoms with Gasteiger partial charge < -0.3 is 24.6 Å². The van der Waals surface area contributed by atoms with E-state index in [1.54, 1.807) is 19.2 Å². The highest BCUT2D eigenvalue weighted by atomic mass is 16.5. The molecule has 1 aliphatic rings. The molecule has 27 heavy (non-hydrogen) atoms. The first-order valence-corrected chi connectivity index (χ1v) is 9.43. The van der Waals surface area contributed by atoms with Gasteiger partial charge in [-0.1, -0.05) is 26.0 Å². The van der Waals surface area contributed by atoms with Crippen LogP contribution in [0.25, 0.3) is 0 Å². The third kappa shape index (κ3) is 6.43. The van der Waals surface area contributed by atoms with E-state index < -0.39 is 6.04 Å². The van der Waals surface area contributed by atoms with Crippen LogP contribution in [0.15, 0.2) is 24.3 Å². The number of carbonyl (C=O) groups excluding carboxylic acids is 2. The molecule has 0 saturated carbocycles. The fourth-order valence-electron chi connectivity index (χ4n) is 3.06. The van der Waals surface area contributed by atoms with Crippen LogP contribution in [0.2, 0.25) is 0 Å². The van der Waals surface area contributed by atoms with Crippen LogP contribution in [0, 0.1) is 5.92 Å². The summed E-state index contributed by atoms with van der Waals surface area (Å²) in [4.78, 5) is 29.3. The molecule has 0 aromatic heterocycles. The molecule has 1 saturated heterocycles. The number of nitrogens with zero attached hydrogens (tertiary/aromatic N) is 2. The third-order valence-electron chi connectivity index (χ3n) is 4.58. The molecule has 0 unspecified atom stereocenters. The van der Waals surface area contributed by atoms with Gasteiger partial charge in [0.15, 0.2) is 18.1 Å². The number of hydrogen-bond acceptors (Lipinski definition) is 5. The molecule has 1 heterocycles. The van der Waals surface area contributed by atoms with E-state index in [0.717, 1.165) is 13.1 Å². The van der Waals surface area contributed by atoms with Crippen LogP contribution in [0.3, 0.4) is 0 Å². The maximum atomic E-state index is 12.9. The molecular weight excluding hydrogens is 346 g/mol. The SMILES string of the molecule is COc1ccccc1OCC(=O)N[C@@H](CC(C)C)C(=O)N1CCN(C)CC1. The Morgan fingerprint density at radius 3 is 2.33 bits per heavy atom. The van der Waals surface area contributed by atoms with E-state index in [4.69, 9.17) is 9.47 Å². The van der Waals surface area contributed by atoms with Crippen molar-refractivity contribution in [2.75, 3.05) is 46.9 Å². The number of nitrogens with one attached hydrogen (secondary N) is 1. The van der Waals surface area contributed by atoms with Crippen LogP contribution >= 0.6 is 0 Å². The molecule has 150 valence electrons. The van der Waals surface area contributed by atoms with Crippen molar-refractivity contribution in [2.45, 2.75) is 26.3 Å². The van der Waals surface area contributed by atoms with Crippen LogP contribution < -0.4 is 14.8 Å². The van der Waals surface area contributed by atoms with Gasteiger partial charge >= 0.3 is 0 Å². The molecule has 0 radical (unpaired) electrons. The molecule has 2 amide bonds. The second kappa shape index (κ2) is 10.2. The smallest absolute Gasteiger partial charge is 0.258 e. The van der Waals surface area contributed by atoms with Crippen molar-refractivity contribution in [2.24, 2.45) is 5.92 Å². The number of likely N-dealkylation sites (N-methyl/N-ethyl adjacent to an activating group) is 1. The zero-order valence-corrected chi connectivity index (χ0v) is 16.7. The number of rotatable bonds is 8. The molecule has 1 aliphatic heterocycles. The Balaban J connectivity index is 1.94. The van der Waals surface area contributed by atoms with E-state index in [2.05, 4.69) is 10.2 Å². The van der Waals surface area contributed by atoms with E-state index in [-0.39, 0.29) is 18.4 Å². The second-order valence-electron chi connectivity index (χ2n) is 7.32. The Kier molecular flexibility index (Phi) is 7.91. The second-order valence-corrected chi connectivity index (χ2v) is 7.32. The molecule has 2 rings (SSSR count). The first-order chi connectivity index (χ1) is 12.9. The van der Waals surface area contributed by atoms with Gasteiger partial charge in [-0.15, -0.1) is 0 Å². The molecule has 7 heteroatoms. The van der Waals surface area contributed by atoms with E-state index in [0.29, 0.717) is 36.9 Å². The van der Waals surface area contributed by atoms with Crippen molar-refractivity contribution < 1.29 is 19.1 Å². The number of para-hydroxylation sites is 2. The van der Waals surface area contributed by atoms with Gasteiger partial charge in [-0.2, -0.15) is 0 Å². The Hall–Kier alpha value is -2.28. The maximum Gasteiger partial charge on any atom is 0.258 e. The summed E-state index contributed by atoms with van der Waals surface area (Å²) < 4.78 is 10.8. The van der Waals surface area contributed by atoms with E-state index in [9.17, 15) is 9.59 Å². The molecule has 1 aromatic carbocycles. The number of benzene rings is 1. The highest BCUT2D eigenvalue weighted by Crippen LogP contribution is 2.25. The lowest BCUT2D eigenvalue weighted by molar-refractivity contribution is -0.138. The van der Waals surface area contributed by atoms with Crippen molar-refractivity contribution >= 4 is 11.8 Å². The molecule has 0 spiro atoms. The molecule has 1 fully saturated rings. The summed E-state index contributed by atoms with van der Waals surface area (Å²) >= 11 is 0. The molecule has 1 aromatic rings. The van der Waals surface area contributed by atoms with Crippen LogP contribution in [-0.2, 0) is 9.59 Å². The van der Waals surface area contributed by atoms with Gasteiger partial charge in [0.05, 0.1) is 7.11 Å². The minimum absolute atomic E-state index is 0.0116. The van der Waals surface area contributed by atoms with Crippen LogP contribution in [0.5, 0.6) is 11.5 Å². The first-order valence-electron chi connectivity index (χ1n) is 9.43. The molecule has 7 nitrogen and oxygen atoms in total. The Bertz CT molecular complexity index is 627. The molecule has 0 bridgehead atoms. The summed E-state index contributed by atoms with van der Waals surface area (Å²) in [5.41, 5.74) is 0. The summed E-state index contributed by atoms with van der Waals surface area (Å²) in [5.74, 6) is 1.04. The minimum atomic E-state index is -0.526. The number of piperazine rings is 1. The van der Waals surface area contributed by atoms with Crippen molar-refractivity contribution in [1.82, 2.24) is 15.1 Å². The van der Waals surface area contributed by atoms with Crippen molar-refractivity contribution in [3.63, 3.8) is 0 Å². The van der Waals surface area contributed by atoms with Gasteiger partial charge in [-0.3, -0.25) is 9.59 Å². The number of amides is 2. The van der Waals surface area contributed by atoms with Crippen LogP contribution in [0.1, 0.15) is 20.3 Å². The van der Waals surface area contributed by atoms with Gasteiger partial charge in [0.2, 0.25) is 5.91 Å². The normalized spacial score (nSPS) is 16.1. The highest BCUT2D eigenvalue weighted by Gasteiger charge is 2.28. The zero-order chi connectivity index (χ0) is 19.8. The van der Waals surface area contributed by atoms with Crippen molar-refractivity contribution in [1.29, 1.82) is 0 Å². The molecule has 0 aliphatic carbocycles. The summed E-state index contributed by atoms with van der Waals surface area (Å²) in [6.07, 6.45) is 0.603. The topological polar surface area (TPSA) is 71.1 Å². The Morgan fingerprint density at radius 2 is 1.74 bits per heavy atom. The molecule has 1 atom stereocenters. The average Bonchev–Trinajstić information content (AvgIpc) is 2.65. The number of hydrogen-bond donors (Lipinski definition) is 1. The zero-order valence-electron chi connectivity index (χ0n) is 16.7. The summed E-state index contributed by atoms with van der Waals surface area (Å²) in [6.45, 7) is 7.01. The predicted molar refractivity (Wildman–Crippen MR) is 104 cm³/mol. The van der Waals surface area contributed by atoms with Gasteiger partial charge in [0.1, 0.15) is 6.04 Å². The Morgan fingerprint density at radius 1 is 1.11 bits per heavy atom. The summed E-state index contributed by atoms with van der Waals surface area (Å²) in [5, 5.41) is 2.85. The molecular formula is C20H31N3O4. The maximum absolute atomic E-state index is 12.9. The van der Waals surface area contributed by atoms with Gasteiger partial charge in [0.25, 0.3) is 5.91 Å². The van der Waals surface area contributed by atoms with Gasteiger partial charge in [-0.25, -0.2) is 0 Å². The minimum Gasteiger partial charge on any atom is -0.493 e. The monoisotopic (exact) mass is 377 g/mol. The number of ether oxygens (including phenoxy) is 2.